The van der Waals surface area contributed by atoms with Crippen molar-refractivity contribution in [2.45, 2.75) is 19.9 Å². The smallest absolute Gasteiger partial charge is 0.311 e. The zero-order valence-corrected chi connectivity index (χ0v) is 14.3. The number of benzene rings is 2. The molecule has 26 heavy (non-hydrogen) atoms. The maximum absolute atomic E-state index is 12.8. The minimum Gasteiger partial charge on any atom is -0.466 e. The molecule has 6 nitrogen and oxygen atoms in total. The summed E-state index contributed by atoms with van der Waals surface area (Å²) in [6.45, 7) is 2.29. The van der Waals surface area contributed by atoms with Crippen LogP contribution in [-0.2, 0) is 22.5 Å². The summed E-state index contributed by atoms with van der Waals surface area (Å²) in [5.74, 6) is -0.381. The molecule has 1 heterocycles. The summed E-state index contributed by atoms with van der Waals surface area (Å²) in [4.78, 5) is 24.7. The average Bonchev–Trinajstić information content (AvgIpc) is 2.66. The zero-order chi connectivity index (χ0) is 18.5. The van der Waals surface area contributed by atoms with Gasteiger partial charge in [-0.1, -0.05) is 30.3 Å². The third-order valence-electron chi connectivity index (χ3n) is 3.98. The van der Waals surface area contributed by atoms with Crippen molar-refractivity contribution in [3.05, 3.63) is 75.7 Å². The summed E-state index contributed by atoms with van der Waals surface area (Å²) in [6, 6.07) is 16.1. The van der Waals surface area contributed by atoms with E-state index in [1.165, 1.54) is 4.68 Å². The second-order valence-electron chi connectivity index (χ2n) is 5.75. The fraction of sp³-hybridized carbons (Fsp3) is 0.200. The molecule has 0 fully saturated rings. The van der Waals surface area contributed by atoms with Crippen LogP contribution in [0.1, 0.15) is 23.7 Å². The molecule has 6 heteroatoms. The summed E-state index contributed by atoms with van der Waals surface area (Å²) >= 11 is 0. The van der Waals surface area contributed by atoms with Crippen LogP contribution in [0.5, 0.6) is 0 Å². The molecule has 0 unspecified atom stereocenters. The summed E-state index contributed by atoms with van der Waals surface area (Å²) < 4.78 is 6.36. The zero-order valence-electron chi connectivity index (χ0n) is 14.3. The summed E-state index contributed by atoms with van der Waals surface area (Å²) in [5, 5.41) is 14.4. The third-order valence-corrected chi connectivity index (χ3v) is 3.98. The minimum absolute atomic E-state index is 0.00199. The Morgan fingerprint density at radius 3 is 2.50 bits per heavy atom. The van der Waals surface area contributed by atoms with Crippen LogP contribution in [0.15, 0.2) is 53.3 Å². The lowest BCUT2D eigenvalue weighted by atomic mass is 10.1. The first-order chi connectivity index (χ1) is 12.6. The number of fused-ring (bicyclic) bond motifs is 1. The highest BCUT2D eigenvalue weighted by molar-refractivity contribution is 5.86. The molecule has 0 saturated carbocycles. The molecule has 0 radical (unpaired) electrons. The Kier molecular flexibility index (Phi) is 5.09. The van der Waals surface area contributed by atoms with E-state index in [0.29, 0.717) is 28.6 Å². The molecule has 0 N–H and O–H groups in total. The molecule has 2 aromatic carbocycles. The Morgan fingerprint density at radius 1 is 1.15 bits per heavy atom. The molecule has 0 bridgehead atoms. The molecule has 0 amide bonds. The lowest BCUT2D eigenvalue weighted by Crippen LogP contribution is -2.26. The van der Waals surface area contributed by atoms with Crippen molar-refractivity contribution in [1.82, 2.24) is 9.78 Å². The molecule has 0 aliphatic rings. The number of rotatable bonds is 5. The van der Waals surface area contributed by atoms with Crippen LogP contribution in [-0.4, -0.2) is 22.4 Å². The second kappa shape index (κ2) is 7.62. The topological polar surface area (TPSA) is 85.0 Å². The van der Waals surface area contributed by atoms with Crippen molar-refractivity contribution in [3.63, 3.8) is 0 Å². The van der Waals surface area contributed by atoms with Crippen LogP contribution in [0.2, 0.25) is 0 Å². The highest BCUT2D eigenvalue weighted by atomic mass is 16.5. The van der Waals surface area contributed by atoms with Crippen LogP contribution in [0.3, 0.4) is 0 Å². The van der Waals surface area contributed by atoms with Gasteiger partial charge in [0.2, 0.25) is 0 Å². The van der Waals surface area contributed by atoms with E-state index in [0.717, 1.165) is 5.56 Å². The predicted octanol–water partition coefficient (Wildman–Crippen LogP) is 2.42. The molecule has 0 aliphatic carbocycles. The number of carbonyl (C=O) groups is 1. The van der Waals surface area contributed by atoms with Crippen LogP contribution in [0, 0.1) is 11.3 Å². The number of nitriles is 1. The van der Waals surface area contributed by atoms with Crippen molar-refractivity contribution in [2.24, 2.45) is 0 Å². The van der Waals surface area contributed by atoms with Gasteiger partial charge in [-0.25, -0.2) is 4.68 Å². The molecular formula is C20H17N3O3. The van der Waals surface area contributed by atoms with E-state index in [1.807, 2.05) is 6.07 Å². The van der Waals surface area contributed by atoms with E-state index in [9.17, 15) is 9.59 Å². The molecule has 130 valence electrons. The largest absolute Gasteiger partial charge is 0.466 e. The number of esters is 1. The quantitative estimate of drug-likeness (QED) is 0.662. The number of carbonyl (C=O) groups excluding carboxylic acids is 1. The first kappa shape index (κ1) is 17.4. The van der Waals surface area contributed by atoms with Gasteiger partial charge in [-0.3, -0.25) is 9.59 Å². The molecule has 0 atom stereocenters. The van der Waals surface area contributed by atoms with Gasteiger partial charge in [0.1, 0.15) is 0 Å². The van der Waals surface area contributed by atoms with Crippen LogP contribution >= 0.6 is 0 Å². The summed E-state index contributed by atoms with van der Waals surface area (Å²) in [5.41, 5.74) is 1.68. The van der Waals surface area contributed by atoms with Gasteiger partial charge in [0.25, 0.3) is 5.56 Å². The molecule has 0 saturated heterocycles. The lowest BCUT2D eigenvalue weighted by Gasteiger charge is -2.11. The third kappa shape index (κ3) is 3.62. The van der Waals surface area contributed by atoms with Gasteiger partial charge in [0.15, 0.2) is 0 Å². The van der Waals surface area contributed by atoms with Gasteiger partial charge in [0.05, 0.1) is 42.3 Å². The molecule has 3 rings (SSSR count). The van der Waals surface area contributed by atoms with E-state index in [4.69, 9.17) is 10.00 Å². The van der Waals surface area contributed by atoms with Gasteiger partial charge in [-0.2, -0.15) is 10.4 Å². The Balaban J connectivity index is 2.04. The molecule has 3 aromatic rings. The van der Waals surface area contributed by atoms with Crippen molar-refractivity contribution in [3.8, 4) is 6.07 Å². The standard InChI is InChI=1S/C20H17N3O3/c1-2-26-19(24)11-18-16-5-3-4-6-17(16)20(25)23(22-18)13-15-9-7-14(12-21)8-10-15/h3-10H,2,11,13H2,1H3. The molecule has 0 spiro atoms. The van der Waals surface area contributed by atoms with Gasteiger partial charge in [-0.15, -0.1) is 0 Å². The highest BCUT2D eigenvalue weighted by Crippen LogP contribution is 2.15. The Morgan fingerprint density at radius 2 is 1.85 bits per heavy atom. The van der Waals surface area contributed by atoms with E-state index >= 15 is 0 Å². The molecule has 0 aliphatic heterocycles. The Labute approximate surface area is 150 Å². The van der Waals surface area contributed by atoms with Crippen LogP contribution in [0.25, 0.3) is 10.8 Å². The number of aromatic nitrogens is 2. The summed E-state index contributed by atoms with van der Waals surface area (Å²) in [6.07, 6.45) is 0.00199. The van der Waals surface area contributed by atoms with E-state index in [1.54, 1.807) is 49.4 Å². The summed E-state index contributed by atoms with van der Waals surface area (Å²) in [7, 11) is 0. The van der Waals surface area contributed by atoms with Crippen molar-refractivity contribution in [1.29, 1.82) is 5.26 Å². The van der Waals surface area contributed by atoms with Gasteiger partial charge < -0.3 is 4.74 Å². The first-order valence-electron chi connectivity index (χ1n) is 8.25. The van der Waals surface area contributed by atoms with Crippen LogP contribution in [0.4, 0.5) is 0 Å². The number of hydrogen-bond acceptors (Lipinski definition) is 5. The highest BCUT2D eigenvalue weighted by Gasteiger charge is 2.14. The fourth-order valence-corrected chi connectivity index (χ4v) is 2.75. The normalized spacial score (nSPS) is 10.5. The second-order valence-corrected chi connectivity index (χ2v) is 5.75. The van der Waals surface area contributed by atoms with Crippen molar-refractivity contribution >= 4 is 16.7 Å². The molecular weight excluding hydrogens is 330 g/mol. The van der Waals surface area contributed by atoms with Gasteiger partial charge in [0, 0.05) is 5.39 Å². The number of hydrogen-bond donors (Lipinski definition) is 0. The Hall–Kier alpha value is -3.46. The maximum atomic E-state index is 12.8. The fourth-order valence-electron chi connectivity index (χ4n) is 2.75. The van der Waals surface area contributed by atoms with E-state index in [2.05, 4.69) is 11.2 Å². The van der Waals surface area contributed by atoms with Crippen molar-refractivity contribution in [2.75, 3.05) is 6.61 Å². The van der Waals surface area contributed by atoms with E-state index in [-0.39, 0.29) is 24.5 Å². The Bertz CT molecular complexity index is 1050. The monoisotopic (exact) mass is 347 g/mol. The van der Waals surface area contributed by atoms with E-state index < -0.39 is 0 Å². The maximum Gasteiger partial charge on any atom is 0.311 e. The van der Waals surface area contributed by atoms with Crippen LogP contribution < -0.4 is 5.56 Å². The lowest BCUT2D eigenvalue weighted by molar-refractivity contribution is -0.142. The molecule has 1 aromatic heterocycles. The van der Waals surface area contributed by atoms with Gasteiger partial charge >= 0.3 is 5.97 Å². The number of nitrogens with zero attached hydrogens (tertiary/aromatic N) is 3. The minimum atomic E-state index is -0.381. The number of ether oxygens (including phenoxy) is 1. The first-order valence-corrected chi connectivity index (χ1v) is 8.25. The predicted molar refractivity (Wildman–Crippen MR) is 96.6 cm³/mol. The SMILES string of the molecule is CCOC(=O)Cc1nn(Cc2ccc(C#N)cc2)c(=O)c2ccccc12. The van der Waals surface area contributed by atoms with Crippen molar-refractivity contribution < 1.29 is 9.53 Å². The average molecular weight is 347 g/mol. The van der Waals surface area contributed by atoms with Gasteiger partial charge in [-0.05, 0) is 30.7 Å².